The molecule has 4 heteroatoms. The van der Waals surface area contributed by atoms with E-state index in [1.54, 1.807) is 18.2 Å². The minimum atomic E-state index is -0.186. The van der Waals surface area contributed by atoms with E-state index in [1.165, 1.54) is 0 Å². The summed E-state index contributed by atoms with van der Waals surface area (Å²) >= 11 is 11.6. The second-order valence-electron chi connectivity index (χ2n) is 2.58. The van der Waals surface area contributed by atoms with Gasteiger partial charge in [0.1, 0.15) is 6.10 Å². The second kappa shape index (κ2) is 4.49. The van der Waals surface area contributed by atoms with Gasteiger partial charge < -0.3 is 4.84 Å². The highest BCUT2D eigenvalue weighted by Gasteiger charge is 2.07. The summed E-state index contributed by atoms with van der Waals surface area (Å²) in [5, 5.41) is 4.51. The topological polar surface area (TPSA) is 21.6 Å². The van der Waals surface area contributed by atoms with Gasteiger partial charge in [0.05, 0.1) is 0 Å². The molecule has 0 saturated heterocycles. The molecule has 0 saturated carbocycles. The van der Waals surface area contributed by atoms with Crippen molar-refractivity contribution in [1.82, 2.24) is 0 Å². The highest BCUT2D eigenvalue weighted by molar-refractivity contribution is 6.34. The lowest BCUT2D eigenvalue weighted by atomic mass is 10.1. The lowest BCUT2D eigenvalue weighted by Gasteiger charge is -2.09. The summed E-state index contributed by atoms with van der Waals surface area (Å²) in [6, 6.07) is 5.23. The first-order valence-corrected chi connectivity index (χ1v) is 4.47. The van der Waals surface area contributed by atoms with Crippen LogP contribution in [0.15, 0.2) is 23.4 Å². The second-order valence-corrected chi connectivity index (χ2v) is 3.45. The van der Waals surface area contributed by atoms with Crippen LogP contribution < -0.4 is 0 Å². The summed E-state index contributed by atoms with van der Waals surface area (Å²) in [6.07, 6.45) is -0.186. The van der Waals surface area contributed by atoms with Crippen LogP contribution in [0, 0.1) is 0 Å². The molecule has 1 aromatic rings. The molecule has 0 aliphatic rings. The molecular formula is C9H9Cl2NO. The maximum atomic E-state index is 5.81. The quantitative estimate of drug-likeness (QED) is 0.560. The summed E-state index contributed by atoms with van der Waals surface area (Å²) in [4.78, 5) is 4.93. The average Bonchev–Trinajstić information content (AvgIpc) is 2.03. The average molecular weight is 218 g/mol. The summed E-state index contributed by atoms with van der Waals surface area (Å²) < 4.78 is 0. The Balaban J connectivity index is 2.93. The summed E-state index contributed by atoms with van der Waals surface area (Å²) in [5.74, 6) is 0. The van der Waals surface area contributed by atoms with Crippen LogP contribution >= 0.6 is 23.2 Å². The van der Waals surface area contributed by atoms with Crippen LogP contribution in [0.4, 0.5) is 0 Å². The predicted octanol–water partition coefficient (Wildman–Crippen LogP) is 3.69. The van der Waals surface area contributed by atoms with Crippen molar-refractivity contribution in [2.75, 3.05) is 0 Å². The first kappa shape index (κ1) is 10.4. The lowest BCUT2D eigenvalue weighted by molar-refractivity contribution is 0.0746. The Morgan fingerprint density at radius 2 is 1.85 bits per heavy atom. The molecule has 70 valence electrons. The number of benzene rings is 1. The molecule has 1 atom stereocenters. The van der Waals surface area contributed by atoms with Gasteiger partial charge in [-0.25, -0.2) is 0 Å². The number of rotatable bonds is 3. The van der Waals surface area contributed by atoms with Crippen LogP contribution in [0.25, 0.3) is 0 Å². The zero-order valence-electron chi connectivity index (χ0n) is 7.13. The molecule has 2 nitrogen and oxygen atoms in total. The van der Waals surface area contributed by atoms with Gasteiger partial charge in [0.2, 0.25) is 0 Å². The van der Waals surface area contributed by atoms with E-state index in [1.807, 2.05) is 6.92 Å². The van der Waals surface area contributed by atoms with Crippen molar-refractivity contribution in [3.8, 4) is 0 Å². The zero-order chi connectivity index (χ0) is 9.84. The third-order valence-electron chi connectivity index (χ3n) is 1.59. The summed E-state index contributed by atoms with van der Waals surface area (Å²) in [5.41, 5.74) is 0.880. The molecule has 0 aromatic heterocycles. The van der Waals surface area contributed by atoms with Gasteiger partial charge in [-0.2, -0.15) is 0 Å². The Hall–Kier alpha value is -0.730. The Morgan fingerprint density at radius 3 is 2.31 bits per heavy atom. The molecule has 0 spiro atoms. The van der Waals surface area contributed by atoms with Gasteiger partial charge >= 0.3 is 0 Å². The number of hydrogen-bond donors (Lipinski definition) is 0. The highest BCUT2D eigenvalue weighted by Crippen LogP contribution is 2.25. The van der Waals surface area contributed by atoms with E-state index in [0.29, 0.717) is 10.0 Å². The van der Waals surface area contributed by atoms with Gasteiger partial charge in [0, 0.05) is 16.8 Å². The van der Waals surface area contributed by atoms with Crippen molar-refractivity contribution in [2.45, 2.75) is 13.0 Å². The van der Waals surface area contributed by atoms with Gasteiger partial charge in [-0.05, 0) is 30.7 Å². The van der Waals surface area contributed by atoms with E-state index in [2.05, 4.69) is 11.9 Å². The molecule has 0 heterocycles. The first-order chi connectivity index (χ1) is 6.13. The van der Waals surface area contributed by atoms with Crippen molar-refractivity contribution in [1.29, 1.82) is 0 Å². The largest absolute Gasteiger partial charge is 0.389 e. The summed E-state index contributed by atoms with van der Waals surface area (Å²) in [6.45, 7) is 5.08. The zero-order valence-corrected chi connectivity index (χ0v) is 8.64. The molecule has 0 aliphatic carbocycles. The van der Waals surface area contributed by atoms with Crippen LogP contribution in [-0.4, -0.2) is 6.72 Å². The number of oxime groups is 1. The number of halogens is 2. The van der Waals surface area contributed by atoms with Gasteiger partial charge in [-0.3, -0.25) is 0 Å². The molecule has 1 unspecified atom stereocenters. The molecule has 0 amide bonds. The van der Waals surface area contributed by atoms with E-state index in [0.717, 1.165) is 5.56 Å². The van der Waals surface area contributed by atoms with Gasteiger partial charge in [0.25, 0.3) is 0 Å². The van der Waals surface area contributed by atoms with E-state index >= 15 is 0 Å². The lowest BCUT2D eigenvalue weighted by Crippen LogP contribution is -1.94. The summed E-state index contributed by atoms with van der Waals surface area (Å²) in [7, 11) is 0. The van der Waals surface area contributed by atoms with Crippen LogP contribution in [-0.2, 0) is 4.84 Å². The third kappa shape index (κ3) is 2.90. The van der Waals surface area contributed by atoms with Crippen molar-refractivity contribution < 1.29 is 4.84 Å². The van der Waals surface area contributed by atoms with Crippen LogP contribution in [0.1, 0.15) is 18.6 Å². The first-order valence-electron chi connectivity index (χ1n) is 3.71. The molecule has 1 rings (SSSR count). The van der Waals surface area contributed by atoms with E-state index in [9.17, 15) is 0 Å². The predicted molar refractivity (Wildman–Crippen MR) is 55.5 cm³/mol. The fourth-order valence-electron chi connectivity index (χ4n) is 0.983. The molecule has 0 N–H and O–H groups in total. The van der Waals surface area contributed by atoms with Crippen LogP contribution in [0.2, 0.25) is 10.0 Å². The smallest absolute Gasteiger partial charge is 0.149 e. The van der Waals surface area contributed by atoms with Crippen molar-refractivity contribution in [3.05, 3.63) is 33.8 Å². The van der Waals surface area contributed by atoms with E-state index in [-0.39, 0.29) is 6.10 Å². The minimum absolute atomic E-state index is 0.186. The van der Waals surface area contributed by atoms with Crippen LogP contribution in [0.3, 0.4) is 0 Å². The Labute approximate surface area is 87.1 Å². The molecule has 0 radical (unpaired) electrons. The van der Waals surface area contributed by atoms with Gasteiger partial charge in [0.15, 0.2) is 0 Å². The molecule has 13 heavy (non-hydrogen) atoms. The van der Waals surface area contributed by atoms with Gasteiger partial charge in [-0.15, -0.1) is 5.16 Å². The Bertz CT molecular complexity index is 294. The normalized spacial score (nSPS) is 12.2. The molecule has 0 fully saturated rings. The Kier molecular flexibility index (Phi) is 3.58. The fourth-order valence-corrected chi connectivity index (χ4v) is 1.53. The van der Waals surface area contributed by atoms with Crippen molar-refractivity contribution in [2.24, 2.45) is 5.16 Å². The monoisotopic (exact) mass is 217 g/mol. The molecule has 1 aromatic carbocycles. The molecule has 0 aliphatic heterocycles. The van der Waals surface area contributed by atoms with E-state index in [4.69, 9.17) is 28.0 Å². The van der Waals surface area contributed by atoms with Crippen LogP contribution in [0.5, 0.6) is 0 Å². The van der Waals surface area contributed by atoms with Crippen molar-refractivity contribution >= 4 is 29.9 Å². The standard InChI is InChI=1S/C9H9Cl2NO/c1-6(13-12-2)7-3-8(10)5-9(11)4-7/h3-6H,2H2,1H3. The molecular weight excluding hydrogens is 209 g/mol. The van der Waals surface area contributed by atoms with Crippen molar-refractivity contribution in [3.63, 3.8) is 0 Å². The van der Waals surface area contributed by atoms with E-state index < -0.39 is 0 Å². The third-order valence-corrected chi connectivity index (χ3v) is 2.02. The molecule has 0 bridgehead atoms. The number of nitrogens with zero attached hydrogens (tertiary/aromatic N) is 1. The van der Waals surface area contributed by atoms with Gasteiger partial charge in [-0.1, -0.05) is 23.2 Å². The maximum Gasteiger partial charge on any atom is 0.149 e. The minimum Gasteiger partial charge on any atom is -0.389 e. The maximum absolute atomic E-state index is 5.81. The fraction of sp³-hybridized carbons (Fsp3) is 0.222. The Morgan fingerprint density at radius 1 is 1.31 bits per heavy atom. The SMILES string of the molecule is C=NOC(C)c1cc(Cl)cc(Cl)c1. The highest BCUT2D eigenvalue weighted by atomic mass is 35.5. The number of hydrogen-bond acceptors (Lipinski definition) is 2.